The molecule has 0 spiro atoms. The Kier molecular flexibility index (Phi) is 7.28. The highest BCUT2D eigenvalue weighted by molar-refractivity contribution is 7.80. The Morgan fingerprint density at radius 3 is 1.64 bits per heavy atom. The highest BCUT2D eigenvalue weighted by Crippen LogP contribution is 2.37. The zero-order valence-electron chi connectivity index (χ0n) is 16.8. The summed E-state index contributed by atoms with van der Waals surface area (Å²) in [6, 6.07) is 17.5. The summed E-state index contributed by atoms with van der Waals surface area (Å²) in [5.74, 6) is 0. The molecule has 0 aliphatic heterocycles. The lowest BCUT2D eigenvalue weighted by Gasteiger charge is -2.27. The lowest BCUT2D eigenvalue weighted by Crippen LogP contribution is -2.35. The molecule has 3 nitrogen and oxygen atoms in total. The number of aliphatic hydroxyl groups excluding tert-OH is 1. The molecule has 0 aliphatic rings. The topological polar surface area (TPSA) is 44.3 Å². The Bertz CT molecular complexity index is 1060. The van der Waals surface area contributed by atoms with E-state index in [0.29, 0.717) is 23.3 Å². The largest absolute Gasteiger partial charge is 0.416 e. The molecule has 0 bridgehead atoms. The molecule has 0 fully saturated rings. The third-order valence-electron chi connectivity index (χ3n) is 4.75. The van der Waals surface area contributed by atoms with E-state index < -0.39 is 41.3 Å². The Morgan fingerprint density at radius 1 is 0.727 bits per heavy atom. The van der Waals surface area contributed by atoms with E-state index >= 15 is 0 Å². The van der Waals surface area contributed by atoms with Gasteiger partial charge in [-0.3, -0.25) is 0 Å². The number of halogens is 6. The maximum atomic E-state index is 13.1. The van der Waals surface area contributed by atoms with Crippen molar-refractivity contribution >= 4 is 23.0 Å². The van der Waals surface area contributed by atoms with Crippen molar-refractivity contribution in [2.75, 3.05) is 5.32 Å². The quantitative estimate of drug-likeness (QED) is 0.286. The normalized spacial score (nSPS) is 13.8. The molecule has 0 aromatic heterocycles. The molecule has 0 saturated heterocycles. The number of rotatable bonds is 5. The van der Waals surface area contributed by atoms with Crippen LogP contribution in [0.15, 0.2) is 78.9 Å². The Hall–Kier alpha value is -3.11. The van der Waals surface area contributed by atoms with Crippen molar-refractivity contribution in [2.45, 2.75) is 24.5 Å². The van der Waals surface area contributed by atoms with Gasteiger partial charge in [-0.2, -0.15) is 26.3 Å². The van der Waals surface area contributed by atoms with Crippen molar-refractivity contribution < 1.29 is 31.4 Å². The summed E-state index contributed by atoms with van der Waals surface area (Å²) in [5, 5.41) is 15.8. The second kappa shape index (κ2) is 9.80. The fourth-order valence-electron chi connectivity index (χ4n) is 3.18. The molecule has 2 atom stereocenters. The van der Waals surface area contributed by atoms with Gasteiger partial charge >= 0.3 is 12.4 Å². The van der Waals surface area contributed by atoms with Crippen LogP contribution in [0.4, 0.5) is 32.0 Å². The fourth-order valence-corrected chi connectivity index (χ4v) is 3.43. The summed E-state index contributed by atoms with van der Waals surface area (Å²) in [6.45, 7) is 0. The minimum atomic E-state index is -4.98. The van der Waals surface area contributed by atoms with Gasteiger partial charge in [-0.1, -0.05) is 60.7 Å². The maximum Gasteiger partial charge on any atom is 0.416 e. The number of aliphatic hydroxyl groups is 1. The van der Waals surface area contributed by atoms with E-state index in [2.05, 4.69) is 10.6 Å². The molecule has 3 aromatic carbocycles. The van der Waals surface area contributed by atoms with Gasteiger partial charge in [0.15, 0.2) is 5.11 Å². The average molecular weight is 484 g/mol. The summed E-state index contributed by atoms with van der Waals surface area (Å²) in [6.07, 6.45) is -11.1. The fraction of sp³-hybridized carbons (Fsp3) is 0.174. The zero-order valence-corrected chi connectivity index (χ0v) is 17.6. The first-order valence-corrected chi connectivity index (χ1v) is 10.0. The minimum absolute atomic E-state index is 0.0353. The molecular weight excluding hydrogens is 466 g/mol. The van der Waals surface area contributed by atoms with Gasteiger partial charge in [0, 0.05) is 5.69 Å². The first kappa shape index (κ1) is 24.5. The lowest BCUT2D eigenvalue weighted by atomic mass is 9.96. The smallest absolute Gasteiger partial charge is 0.386 e. The van der Waals surface area contributed by atoms with Crippen LogP contribution in [0.2, 0.25) is 0 Å². The molecule has 0 aliphatic carbocycles. The van der Waals surface area contributed by atoms with Crippen molar-refractivity contribution in [1.29, 1.82) is 0 Å². The van der Waals surface area contributed by atoms with E-state index in [1.54, 1.807) is 60.7 Å². The Balaban J connectivity index is 1.89. The standard InChI is InChI=1S/C23H18F6N2OS/c24-22(25,26)16-11-17(23(27,28)29)13-18(12-16)30-21(33)31-19(14-7-3-1-4-8-14)20(32)15-9-5-2-6-10-15/h1-13,19-20,32H,(H2,30,31,33)/t19-,20+/m0/s1. The number of hydrogen-bond donors (Lipinski definition) is 3. The number of thiocarbonyl (C=S) groups is 1. The van der Waals surface area contributed by atoms with Gasteiger partial charge in [0.25, 0.3) is 0 Å². The van der Waals surface area contributed by atoms with Crippen LogP contribution in [0.1, 0.15) is 34.4 Å². The summed E-state index contributed by atoms with van der Waals surface area (Å²) >= 11 is 5.16. The molecule has 33 heavy (non-hydrogen) atoms. The van der Waals surface area contributed by atoms with Crippen LogP contribution < -0.4 is 10.6 Å². The van der Waals surface area contributed by atoms with Crippen LogP contribution >= 0.6 is 12.2 Å². The average Bonchev–Trinajstić information content (AvgIpc) is 2.77. The zero-order chi connectivity index (χ0) is 24.2. The van der Waals surface area contributed by atoms with Gasteiger partial charge in [0.1, 0.15) is 6.10 Å². The number of anilines is 1. The van der Waals surface area contributed by atoms with Gasteiger partial charge in [-0.05, 0) is 41.5 Å². The Labute approximate surface area is 191 Å². The molecule has 3 N–H and O–H groups in total. The third kappa shape index (κ3) is 6.45. The molecule has 0 amide bonds. The van der Waals surface area contributed by atoms with E-state index in [-0.39, 0.29) is 11.2 Å². The lowest BCUT2D eigenvalue weighted by molar-refractivity contribution is -0.143. The van der Waals surface area contributed by atoms with Crippen LogP contribution in [0.3, 0.4) is 0 Å². The summed E-state index contributed by atoms with van der Waals surface area (Å²) in [4.78, 5) is 0. The van der Waals surface area contributed by atoms with Gasteiger partial charge in [-0.25, -0.2) is 0 Å². The summed E-state index contributed by atoms with van der Waals surface area (Å²) < 4.78 is 78.7. The van der Waals surface area contributed by atoms with Crippen LogP contribution in [-0.2, 0) is 12.4 Å². The van der Waals surface area contributed by atoms with Crippen LogP contribution in [0, 0.1) is 0 Å². The van der Waals surface area contributed by atoms with E-state index in [4.69, 9.17) is 12.2 Å². The van der Waals surface area contributed by atoms with E-state index in [1.165, 1.54) is 0 Å². The molecular formula is C23H18F6N2OS. The van der Waals surface area contributed by atoms with Crippen molar-refractivity contribution in [3.8, 4) is 0 Å². The molecule has 0 saturated carbocycles. The van der Waals surface area contributed by atoms with E-state index in [1.807, 2.05) is 0 Å². The first-order valence-electron chi connectivity index (χ1n) is 9.60. The van der Waals surface area contributed by atoms with Crippen molar-refractivity contribution in [3.05, 3.63) is 101 Å². The van der Waals surface area contributed by atoms with Crippen molar-refractivity contribution in [2.24, 2.45) is 0 Å². The van der Waals surface area contributed by atoms with Crippen LogP contribution in [0.25, 0.3) is 0 Å². The van der Waals surface area contributed by atoms with E-state index in [0.717, 1.165) is 0 Å². The molecule has 0 heterocycles. The van der Waals surface area contributed by atoms with Gasteiger partial charge in [0.05, 0.1) is 17.2 Å². The SMILES string of the molecule is O[C@H](c1ccccc1)[C@@H](NC(=S)Nc1cc(C(F)(F)F)cc(C(F)(F)F)c1)c1ccccc1. The molecule has 10 heteroatoms. The van der Waals surface area contributed by atoms with Crippen molar-refractivity contribution in [3.63, 3.8) is 0 Å². The summed E-state index contributed by atoms with van der Waals surface area (Å²) in [7, 11) is 0. The van der Waals surface area contributed by atoms with E-state index in [9.17, 15) is 31.4 Å². The predicted octanol–water partition coefficient (Wildman–Crippen LogP) is 6.49. The second-order valence-electron chi connectivity index (χ2n) is 7.14. The molecule has 174 valence electrons. The van der Waals surface area contributed by atoms with Gasteiger partial charge in [0.2, 0.25) is 0 Å². The highest BCUT2D eigenvalue weighted by Gasteiger charge is 2.37. The summed E-state index contributed by atoms with van der Waals surface area (Å²) in [5.41, 5.74) is -2.27. The monoisotopic (exact) mass is 484 g/mol. The number of benzene rings is 3. The molecule has 3 rings (SSSR count). The predicted molar refractivity (Wildman–Crippen MR) is 116 cm³/mol. The number of nitrogens with one attached hydrogen (secondary N) is 2. The molecule has 3 aromatic rings. The first-order chi connectivity index (χ1) is 15.4. The maximum absolute atomic E-state index is 13.1. The third-order valence-corrected chi connectivity index (χ3v) is 4.97. The molecule has 0 radical (unpaired) electrons. The van der Waals surface area contributed by atoms with Crippen LogP contribution in [0.5, 0.6) is 0 Å². The van der Waals surface area contributed by atoms with Gasteiger partial charge < -0.3 is 15.7 Å². The molecule has 0 unspecified atom stereocenters. The van der Waals surface area contributed by atoms with Crippen LogP contribution in [-0.4, -0.2) is 10.2 Å². The van der Waals surface area contributed by atoms with Gasteiger partial charge in [-0.15, -0.1) is 0 Å². The Morgan fingerprint density at radius 2 is 1.18 bits per heavy atom. The second-order valence-corrected chi connectivity index (χ2v) is 7.55. The van der Waals surface area contributed by atoms with Crippen molar-refractivity contribution in [1.82, 2.24) is 5.32 Å². The number of alkyl halides is 6. The highest BCUT2D eigenvalue weighted by atomic mass is 32.1. The minimum Gasteiger partial charge on any atom is -0.386 e. The number of hydrogen-bond acceptors (Lipinski definition) is 2.